The lowest BCUT2D eigenvalue weighted by Gasteiger charge is -2.28. The van der Waals surface area contributed by atoms with Crippen LogP contribution in [-0.4, -0.2) is 24.5 Å². The van der Waals surface area contributed by atoms with Crippen LogP contribution in [0.25, 0.3) is 6.08 Å². The number of carbonyl (C=O) groups is 1. The molecule has 0 aliphatic carbocycles. The van der Waals surface area contributed by atoms with E-state index in [0.29, 0.717) is 16.3 Å². The summed E-state index contributed by atoms with van der Waals surface area (Å²) in [5.41, 5.74) is 2.22. The van der Waals surface area contributed by atoms with Gasteiger partial charge in [0.1, 0.15) is 18.2 Å². The van der Waals surface area contributed by atoms with Crippen molar-refractivity contribution >= 4 is 23.6 Å². The van der Waals surface area contributed by atoms with Gasteiger partial charge in [-0.1, -0.05) is 23.7 Å². The Morgan fingerprint density at radius 1 is 1.25 bits per heavy atom. The first kappa shape index (κ1) is 16.5. The zero-order chi connectivity index (χ0) is 17.3. The molecule has 0 saturated heterocycles. The second kappa shape index (κ2) is 6.65. The second-order valence-electron chi connectivity index (χ2n) is 5.78. The third-order valence-electron chi connectivity index (χ3n) is 4.21. The van der Waals surface area contributed by atoms with E-state index in [1.165, 1.54) is 12.1 Å². The molecule has 24 heavy (non-hydrogen) atoms. The summed E-state index contributed by atoms with van der Waals surface area (Å²) in [6, 6.07) is 11.3. The maximum absolute atomic E-state index is 13.1. The van der Waals surface area contributed by atoms with Gasteiger partial charge in [-0.2, -0.15) is 0 Å². The molecule has 1 aliphatic heterocycles. The minimum atomic E-state index is -0.295. The average molecular weight is 346 g/mol. The summed E-state index contributed by atoms with van der Waals surface area (Å²) in [7, 11) is 1.73. The predicted molar refractivity (Wildman–Crippen MR) is 92.5 cm³/mol. The van der Waals surface area contributed by atoms with Gasteiger partial charge in [0.2, 0.25) is 0 Å². The van der Waals surface area contributed by atoms with E-state index in [4.69, 9.17) is 16.3 Å². The third kappa shape index (κ3) is 3.29. The Morgan fingerprint density at radius 3 is 2.67 bits per heavy atom. The van der Waals surface area contributed by atoms with E-state index in [1.54, 1.807) is 48.4 Å². The minimum absolute atomic E-state index is 0.127. The molecule has 0 saturated carbocycles. The van der Waals surface area contributed by atoms with Crippen LogP contribution < -0.4 is 4.74 Å². The number of carbonyl (C=O) groups excluding carboxylic acids is 1. The summed E-state index contributed by atoms with van der Waals surface area (Å²) >= 11 is 6.00. The molecule has 1 unspecified atom stereocenters. The molecule has 2 aromatic rings. The second-order valence-corrected chi connectivity index (χ2v) is 6.22. The van der Waals surface area contributed by atoms with Crippen LogP contribution in [0.3, 0.4) is 0 Å². The Labute approximate surface area is 145 Å². The molecule has 1 heterocycles. The zero-order valence-electron chi connectivity index (χ0n) is 13.4. The van der Waals surface area contributed by atoms with E-state index >= 15 is 0 Å². The summed E-state index contributed by atoms with van der Waals surface area (Å²) in [4.78, 5) is 14.4. The van der Waals surface area contributed by atoms with Gasteiger partial charge in [-0.3, -0.25) is 4.79 Å². The highest BCUT2D eigenvalue weighted by atomic mass is 35.5. The van der Waals surface area contributed by atoms with Crippen LogP contribution in [0.2, 0.25) is 5.02 Å². The van der Waals surface area contributed by atoms with Crippen molar-refractivity contribution in [2.24, 2.45) is 0 Å². The highest BCUT2D eigenvalue weighted by Crippen LogP contribution is 2.30. The largest absolute Gasteiger partial charge is 0.488 e. The van der Waals surface area contributed by atoms with Crippen molar-refractivity contribution in [3.8, 4) is 5.75 Å². The number of halogens is 2. The fourth-order valence-corrected chi connectivity index (χ4v) is 2.82. The number of hydrogen-bond donors (Lipinski definition) is 0. The van der Waals surface area contributed by atoms with Crippen LogP contribution in [0, 0.1) is 5.82 Å². The van der Waals surface area contributed by atoms with Gasteiger partial charge in [0, 0.05) is 17.6 Å². The van der Waals surface area contributed by atoms with Crippen LogP contribution in [0.4, 0.5) is 4.39 Å². The standard InChI is InChI=1S/C19H17ClFNO2/c1-12(13-3-6-17(21)7-4-13)22(2)19(23)15-9-14-10-16(20)5-8-18(14)24-11-15/h3-10,12H,11H2,1-2H3. The fraction of sp³-hybridized carbons (Fsp3) is 0.211. The molecule has 0 spiro atoms. The van der Waals surface area contributed by atoms with Crippen molar-refractivity contribution in [2.45, 2.75) is 13.0 Å². The molecule has 1 atom stereocenters. The molecule has 3 rings (SSSR count). The molecule has 3 nitrogen and oxygen atoms in total. The van der Waals surface area contributed by atoms with Gasteiger partial charge >= 0.3 is 0 Å². The van der Waals surface area contributed by atoms with E-state index in [-0.39, 0.29) is 24.4 Å². The van der Waals surface area contributed by atoms with Gasteiger partial charge in [-0.05, 0) is 48.9 Å². The first-order chi connectivity index (χ1) is 11.5. The first-order valence-electron chi connectivity index (χ1n) is 7.61. The minimum Gasteiger partial charge on any atom is -0.488 e. The maximum Gasteiger partial charge on any atom is 0.253 e. The Bertz CT molecular complexity index is 802. The summed E-state index contributed by atoms with van der Waals surface area (Å²) in [5, 5.41) is 0.593. The molecular formula is C19H17ClFNO2. The number of likely N-dealkylation sites (N-methyl/N-ethyl adjacent to an activating group) is 1. The van der Waals surface area contributed by atoms with Crippen LogP contribution in [0.5, 0.6) is 5.75 Å². The van der Waals surface area contributed by atoms with Crippen molar-refractivity contribution in [1.29, 1.82) is 0 Å². The number of nitrogens with zero attached hydrogens (tertiary/aromatic N) is 1. The third-order valence-corrected chi connectivity index (χ3v) is 4.45. The summed E-state index contributed by atoms with van der Waals surface area (Å²) in [5.74, 6) is 0.291. The Hall–Kier alpha value is -2.33. The first-order valence-corrected chi connectivity index (χ1v) is 7.99. The van der Waals surface area contributed by atoms with Crippen molar-refractivity contribution in [3.05, 3.63) is 70.0 Å². The van der Waals surface area contributed by atoms with Gasteiger partial charge in [0.25, 0.3) is 5.91 Å². The average Bonchev–Trinajstić information content (AvgIpc) is 2.59. The molecule has 1 aliphatic rings. The van der Waals surface area contributed by atoms with Crippen molar-refractivity contribution in [3.63, 3.8) is 0 Å². The van der Waals surface area contributed by atoms with Crippen LogP contribution in [-0.2, 0) is 4.79 Å². The van der Waals surface area contributed by atoms with Crippen LogP contribution in [0.15, 0.2) is 48.0 Å². The smallest absolute Gasteiger partial charge is 0.253 e. The number of benzene rings is 2. The fourth-order valence-electron chi connectivity index (χ4n) is 2.64. The summed E-state index contributed by atoms with van der Waals surface area (Å²) in [6.45, 7) is 2.12. The van der Waals surface area contributed by atoms with Gasteiger partial charge in [0.05, 0.1) is 11.6 Å². The van der Waals surface area contributed by atoms with Gasteiger partial charge < -0.3 is 9.64 Å². The van der Waals surface area contributed by atoms with Gasteiger partial charge in [-0.15, -0.1) is 0 Å². The molecular weight excluding hydrogens is 329 g/mol. The molecule has 1 amide bonds. The van der Waals surface area contributed by atoms with E-state index in [1.807, 2.05) is 6.92 Å². The zero-order valence-corrected chi connectivity index (χ0v) is 14.2. The lowest BCUT2D eigenvalue weighted by molar-refractivity contribution is -0.128. The molecule has 2 aromatic carbocycles. The lowest BCUT2D eigenvalue weighted by atomic mass is 10.0. The Balaban J connectivity index is 1.82. The van der Waals surface area contributed by atoms with E-state index < -0.39 is 0 Å². The molecule has 0 N–H and O–H groups in total. The predicted octanol–water partition coefficient (Wildman–Crippen LogP) is 4.47. The number of rotatable bonds is 3. The normalized spacial score (nSPS) is 14.2. The van der Waals surface area contributed by atoms with Gasteiger partial charge in [0.15, 0.2) is 0 Å². The molecule has 0 fully saturated rings. The Kier molecular flexibility index (Phi) is 4.58. The van der Waals surface area contributed by atoms with E-state index in [9.17, 15) is 9.18 Å². The number of hydrogen-bond acceptors (Lipinski definition) is 2. The maximum atomic E-state index is 13.1. The molecule has 0 radical (unpaired) electrons. The molecule has 0 bridgehead atoms. The monoisotopic (exact) mass is 345 g/mol. The highest BCUT2D eigenvalue weighted by molar-refractivity contribution is 6.30. The highest BCUT2D eigenvalue weighted by Gasteiger charge is 2.24. The Morgan fingerprint density at radius 2 is 1.96 bits per heavy atom. The topological polar surface area (TPSA) is 29.5 Å². The molecule has 5 heteroatoms. The summed E-state index contributed by atoms with van der Waals surface area (Å²) in [6.07, 6.45) is 1.81. The van der Waals surface area contributed by atoms with Crippen molar-refractivity contribution in [1.82, 2.24) is 4.90 Å². The van der Waals surface area contributed by atoms with E-state index in [0.717, 1.165) is 11.1 Å². The number of ether oxygens (including phenoxy) is 1. The van der Waals surface area contributed by atoms with Crippen molar-refractivity contribution < 1.29 is 13.9 Å². The number of amides is 1. The lowest BCUT2D eigenvalue weighted by Crippen LogP contribution is -2.33. The van der Waals surface area contributed by atoms with Crippen LogP contribution >= 0.6 is 11.6 Å². The molecule has 0 aromatic heterocycles. The van der Waals surface area contributed by atoms with Crippen LogP contribution in [0.1, 0.15) is 24.1 Å². The summed E-state index contributed by atoms with van der Waals surface area (Å²) < 4.78 is 18.7. The number of fused-ring (bicyclic) bond motifs is 1. The van der Waals surface area contributed by atoms with E-state index in [2.05, 4.69) is 0 Å². The molecule has 124 valence electrons. The van der Waals surface area contributed by atoms with Crippen molar-refractivity contribution in [2.75, 3.05) is 13.7 Å². The quantitative estimate of drug-likeness (QED) is 0.821. The van der Waals surface area contributed by atoms with Gasteiger partial charge in [-0.25, -0.2) is 4.39 Å². The SMILES string of the molecule is CC(c1ccc(F)cc1)N(C)C(=O)C1=Cc2cc(Cl)ccc2OC1.